The Labute approximate surface area is 174 Å². The van der Waals surface area contributed by atoms with E-state index in [1.165, 1.54) is 6.20 Å². The highest BCUT2D eigenvalue weighted by Gasteiger charge is 2.33. The van der Waals surface area contributed by atoms with Crippen molar-refractivity contribution in [2.24, 2.45) is 0 Å². The van der Waals surface area contributed by atoms with Gasteiger partial charge in [0.2, 0.25) is 0 Å². The van der Waals surface area contributed by atoms with Gasteiger partial charge < -0.3 is 5.32 Å². The molecule has 158 valence electrons. The Morgan fingerprint density at radius 1 is 1.13 bits per heavy atom. The van der Waals surface area contributed by atoms with Crippen LogP contribution in [0.4, 0.5) is 18.2 Å². The van der Waals surface area contributed by atoms with Gasteiger partial charge in [-0.15, -0.1) is 11.3 Å². The fourth-order valence-corrected chi connectivity index (χ4v) is 4.81. The molecule has 11 heteroatoms. The molecule has 2 aromatic carbocycles. The highest BCUT2D eigenvalue weighted by atomic mass is 32.2. The minimum Gasteiger partial charge on any atom is -0.348 e. The molecule has 0 unspecified atom stereocenters. The fourth-order valence-electron chi connectivity index (χ4n) is 2.59. The van der Waals surface area contributed by atoms with Gasteiger partial charge in [0, 0.05) is 12.1 Å². The average Bonchev–Trinajstić information content (AvgIpc) is 3.09. The number of rotatable bonds is 6. The van der Waals surface area contributed by atoms with Crippen LogP contribution in [0.2, 0.25) is 0 Å². The van der Waals surface area contributed by atoms with E-state index in [-0.39, 0.29) is 17.1 Å². The molecule has 0 aliphatic carbocycles. The molecular formula is C19H16F3N3O3S2. The molecule has 0 saturated heterocycles. The third-order valence-electron chi connectivity index (χ3n) is 4.02. The molecule has 0 saturated carbocycles. The second-order valence-electron chi connectivity index (χ2n) is 6.22. The van der Waals surface area contributed by atoms with Crippen molar-refractivity contribution in [3.05, 3.63) is 76.4 Å². The lowest BCUT2D eigenvalue weighted by Gasteiger charge is -2.15. The van der Waals surface area contributed by atoms with Gasteiger partial charge in [-0.25, -0.2) is 13.4 Å². The van der Waals surface area contributed by atoms with Crippen molar-refractivity contribution in [1.29, 1.82) is 0 Å². The van der Waals surface area contributed by atoms with Gasteiger partial charge in [0.05, 0.1) is 21.7 Å². The minimum atomic E-state index is -4.73. The van der Waals surface area contributed by atoms with Crippen molar-refractivity contribution in [3.8, 4) is 0 Å². The van der Waals surface area contributed by atoms with Crippen LogP contribution in [0.3, 0.4) is 0 Å². The summed E-state index contributed by atoms with van der Waals surface area (Å²) in [5.74, 6) is -0.482. The first kappa shape index (κ1) is 21.8. The maximum absolute atomic E-state index is 13.2. The topological polar surface area (TPSA) is 88.2 Å². The van der Waals surface area contributed by atoms with Gasteiger partial charge in [0.15, 0.2) is 0 Å². The fraction of sp³-hybridized carbons (Fsp3) is 0.158. The monoisotopic (exact) mass is 455 g/mol. The van der Waals surface area contributed by atoms with E-state index in [4.69, 9.17) is 0 Å². The molecule has 1 amide bonds. The van der Waals surface area contributed by atoms with Gasteiger partial charge in [-0.3, -0.25) is 9.52 Å². The van der Waals surface area contributed by atoms with Gasteiger partial charge in [-0.05, 0) is 36.8 Å². The van der Waals surface area contributed by atoms with Gasteiger partial charge in [-0.2, -0.15) is 13.2 Å². The van der Waals surface area contributed by atoms with Crippen molar-refractivity contribution in [1.82, 2.24) is 10.3 Å². The summed E-state index contributed by atoms with van der Waals surface area (Å²) in [6, 6.07) is 10.5. The summed E-state index contributed by atoms with van der Waals surface area (Å²) in [7, 11) is -4.36. The van der Waals surface area contributed by atoms with Crippen molar-refractivity contribution in [2.45, 2.75) is 24.5 Å². The highest BCUT2D eigenvalue weighted by Crippen LogP contribution is 2.33. The van der Waals surface area contributed by atoms with E-state index >= 15 is 0 Å². The number of benzene rings is 2. The second-order valence-corrected chi connectivity index (χ2v) is 9.10. The molecule has 1 aromatic heterocycles. The first-order valence-corrected chi connectivity index (χ1v) is 10.8. The Morgan fingerprint density at radius 2 is 1.83 bits per heavy atom. The summed E-state index contributed by atoms with van der Waals surface area (Å²) in [5.41, 5.74) is -0.755. The molecule has 2 N–H and O–H groups in total. The quantitative estimate of drug-likeness (QED) is 0.583. The van der Waals surface area contributed by atoms with E-state index in [1.807, 2.05) is 0 Å². The molecule has 3 aromatic rings. The third kappa shape index (κ3) is 5.16. The summed E-state index contributed by atoms with van der Waals surface area (Å²) < 4.78 is 67.3. The number of alkyl halides is 3. The Bertz CT molecular complexity index is 1160. The number of aromatic nitrogens is 1. The van der Waals surface area contributed by atoms with E-state index in [0.717, 1.165) is 23.5 Å². The number of nitrogens with zero attached hydrogens (tertiary/aromatic N) is 1. The Kier molecular flexibility index (Phi) is 6.13. The molecule has 0 bridgehead atoms. The second kappa shape index (κ2) is 8.44. The summed E-state index contributed by atoms with van der Waals surface area (Å²) in [4.78, 5) is 15.6. The summed E-state index contributed by atoms with van der Waals surface area (Å²) >= 11 is 1.05. The summed E-state index contributed by atoms with van der Waals surface area (Å²) in [6.07, 6.45) is -3.45. The van der Waals surface area contributed by atoms with Crippen LogP contribution in [-0.2, 0) is 22.7 Å². The standard InChI is InChI=1S/C19H16F3N3O3S2/c1-12-23-11-17(29-12)25-30(27,28)16-9-15(19(20,21)22)8-7-14(16)10-24-18(26)13-5-3-2-4-6-13/h2-9,11,25H,10H2,1H3,(H,24,26). The van der Waals surface area contributed by atoms with Crippen molar-refractivity contribution in [3.63, 3.8) is 0 Å². The zero-order valence-electron chi connectivity index (χ0n) is 15.5. The molecule has 30 heavy (non-hydrogen) atoms. The molecule has 6 nitrogen and oxygen atoms in total. The number of hydrogen-bond donors (Lipinski definition) is 2. The molecule has 3 rings (SSSR count). The molecule has 0 atom stereocenters. The van der Waals surface area contributed by atoms with Crippen LogP contribution in [0, 0.1) is 6.92 Å². The average molecular weight is 455 g/mol. The number of amides is 1. The van der Waals surface area contributed by atoms with Gasteiger partial charge in [0.25, 0.3) is 15.9 Å². The van der Waals surface area contributed by atoms with Crippen LogP contribution in [0.1, 0.15) is 26.5 Å². The lowest BCUT2D eigenvalue weighted by Crippen LogP contribution is -2.25. The number of carbonyl (C=O) groups excluding carboxylic acids is 1. The largest absolute Gasteiger partial charge is 0.416 e. The Balaban J connectivity index is 1.93. The lowest BCUT2D eigenvalue weighted by molar-refractivity contribution is -0.137. The normalized spacial score (nSPS) is 11.9. The van der Waals surface area contributed by atoms with Crippen molar-refractivity contribution >= 4 is 32.3 Å². The molecule has 0 radical (unpaired) electrons. The van der Waals surface area contributed by atoms with Crippen molar-refractivity contribution < 1.29 is 26.4 Å². The molecular weight excluding hydrogens is 439 g/mol. The van der Waals surface area contributed by atoms with Gasteiger partial charge in [-0.1, -0.05) is 24.3 Å². The Hall–Kier alpha value is -2.92. The molecule has 0 aliphatic heterocycles. The van der Waals surface area contributed by atoms with Crippen LogP contribution in [0.25, 0.3) is 0 Å². The summed E-state index contributed by atoms with van der Waals surface area (Å²) in [5, 5.41) is 3.29. The van der Waals surface area contributed by atoms with E-state index in [0.29, 0.717) is 16.6 Å². The molecule has 1 heterocycles. The first-order valence-electron chi connectivity index (χ1n) is 8.55. The number of sulfonamides is 1. The first-order chi connectivity index (χ1) is 14.1. The van der Waals surface area contributed by atoms with E-state index in [9.17, 15) is 26.4 Å². The third-order valence-corrected chi connectivity index (χ3v) is 6.42. The highest BCUT2D eigenvalue weighted by molar-refractivity contribution is 7.93. The maximum Gasteiger partial charge on any atom is 0.416 e. The van der Waals surface area contributed by atoms with Gasteiger partial charge in [0.1, 0.15) is 5.00 Å². The van der Waals surface area contributed by atoms with E-state index < -0.39 is 32.6 Å². The molecule has 0 spiro atoms. The predicted octanol–water partition coefficient (Wildman–Crippen LogP) is 4.20. The predicted molar refractivity (Wildman–Crippen MR) is 107 cm³/mol. The number of thiazole rings is 1. The maximum atomic E-state index is 13.2. The smallest absolute Gasteiger partial charge is 0.348 e. The number of anilines is 1. The van der Waals surface area contributed by atoms with E-state index in [1.54, 1.807) is 37.3 Å². The number of nitrogens with one attached hydrogen (secondary N) is 2. The zero-order valence-corrected chi connectivity index (χ0v) is 17.2. The minimum absolute atomic E-state index is 0.0148. The van der Waals surface area contributed by atoms with Crippen LogP contribution in [0.5, 0.6) is 0 Å². The Morgan fingerprint density at radius 3 is 2.43 bits per heavy atom. The molecule has 0 fully saturated rings. The number of hydrogen-bond acceptors (Lipinski definition) is 5. The van der Waals surface area contributed by atoms with Crippen LogP contribution in [-0.4, -0.2) is 19.3 Å². The van der Waals surface area contributed by atoms with Gasteiger partial charge >= 0.3 is 6.18 Å². The number of aryl methyl sites for hydroxylation is 1. The van der Waals surface area contributed by atoms with E-state index in [2.05, 4.69) is 15.0 Å². The van der Waals surface area contributed by atoms with Crippen LogP contribution in [0.15, 0.2) is 59.6 Å². The summed E-state index contributed by atoms with van der Waals surface area (Å²) in [6.45, 7) is 1.39. The van der Waals surface area contributed by atoms with Crippen LogP contribution >= 0.6 is 11.3 Å². The molecule has 0 aliphatic rings. The lowest BCUT2D eigenvalue weighted by atomic mass is 10.1. The zero-order chi connectivity index (χ0) is 21.9. The number of halogens is 3. The number of carbonyl (C=O) groups is 1. The SMILES string of the molecule is Cc1ncc(NS(=O)(=O)c2cc(C(F)(F)F)ccc2CNC(=O)c2ccccc2)s1. The van der Waals surface area contributed by atoms with Crippen molar-refractivity contribution in [2.75, 3.05) is 4.72 Å². The van der Waals surface area contributed by atoms with Crippen LogP contribution < -0.4 is 10.0 Å².